The van der Waals surface area contributed by atoms with E-state index in [1.54, 1.807) is 0 Å². The summed E-state index contributed by atoms with van der Waals surface area (Å²) in [7, 11) is 1.44. The highest BCUT2D eigenvalue weighted by Gasteiger charge is 2.22. The average Bonchev–Trinajstić information content (AvgIpc) is 1.83. The van der Waals surface area contributed by atoms with Crippen molar-refractivity contribution in [3.63, 3.8) is 0 Å². The fourth-order valence-corrected chi connectivity index (χ4v) is 0.628. The topological polar surface area (TPSA) is 51.5 Å². The molecule has 0 aliphatic carbocycles. The van der Waals surface area contributed by atoms with Crippen molar-refractivity contribution >= 4 is 11.9 Å². The second kappa shape index (κ2) is 2.05. The van der Waals surface area contributed by atoms with Gasteiger partial charge in [0.25, 0.3) is 0 Å². The number of rotatable bonds is 0. The summed E-state index contributed by atoms with van der Waals surface area (Å²) in [6, 6.07) is -0.425. The molecular formula is C5H7N2O2. The Morgan fingerprint density at radius 2 is 2.22 bits per heavy atom. The fraction of sp³-hybridized carbons (Fsp3) is 0.600. The smallest absolute Gasteiger partial charge is 0.274 e. The predicted octanol–water partition coefficient (Wildman–Crippen LogP) is -0.427. The van der Waals surface area contributed by atoms with Crippen molar-refractivity contribution in [2.24, 2.45) is 0 Å². The van der Waals surface area contributed by atoms with Crippen LogP contribution in [-0.4, -0.2) is 30.4 Å². The zero-order valence-electron chi connectivity index (χ0n) is 5.13. The van der Waals surface area contributed by atoms with Crippen LogP contribution in [0.2, 0.25) is 0 Å². The molecule has 1 aliphatic heterocycles. The maximum Gasteiger partial charge on any atom is 0.345 e. The van der Waals surface area contributed by atoms with Gasteiger partial charge in [-0.15, -0.1) is 0 Å². The Morgan fingerprint density at radius 1 is 1.56 bits per heavy atom. The molecule has 0 N–H and O–H groups in total. The standard InChI is InChI=1S/C5H7N2O2/c1-7-4(8)2-3-6-5(7)9/h2-3H2,1H3. The molecular weight excluding hydrogens is 120 g/mol. The van der Waals surface area contributed by atoms with E-state index in [2.05, 4.69) is 5.32 Å². The molecule has 0 spiro atoms. The molecule has 49 valence electrons. The van der Waals surface area contributed by atoms with Crippen LogP contribution >= 0.6 is 0 Å². The van der Waals surface area contributed by atoms with Crippen LogP contribution in [0.4, 0.5) is 4.79 Å². The van der Waals surface area contributed by atoms with E-state index in [-0.39, 0.29) is 5.91 Å². The van der Waals surface area contributed by atoms with Gasteiger partial charge in [0.1, 0.15) is 0 Å². The number of imide groups is 1. The number of urea groups is 1. The zero-order valence-corrected chi connectivity index (χ0v) is 5.13. The predicted molar refractivity (Wildman–Crippen MR) is 29.8 cm³/mol. The number of amides is 3. The molecule has 4 nitrogen and oxygen atoms in total. The minimum Gasteiger partial charge on any atom is -0.274 e. The Morgan fingerprint density at radius 3 is 2.67 bits per heavy atom. The second-order valence-electron chi connectivity index (χ2n) is 1.87. The molecule has 4 heteroatoms. The van der Waals surface area contributed by atoms with Crippen LogP contribution in [0.15, 0.2) is 0 Å². The van der Waals surface area contributed by atoms with Crippen molar-refractivity contribution in [2.75, 3.05) is 13.6 Å². The summed E-state index contributed by atoms with van der Waals surface area (Å²) in [5.74, 6) is -0.144. The van der Waals surface area contributed by atoms with E-state index in [1.807, 2.05) is 0 Å². The first-order chi connectivity index (χ1) is 4.22. The van der Waals surface area contributed by atoms with Crippen molar-refractivity contribution in [3.8, 4) is 0 Å². The lowest BCUT2D eigenvalue weighted by atomic mass is 10.3. The highest BCUT2D eigenvalue weighted by molar-refractivity contribution is 5.96. The van der Waals surface area contributed by atoms with E-state index in [0.29, 0.717) is 13.0 Å². The summed E-state index contributed by atoms with van der Waals surface area (Å²) >= 11 is 0. The van der Waals surface area contributed by atoms with Gasteiger partial charge in [0.2, 0.25) is 5.91 Å². The third-order valence-electron chi connectivity index (χ3n) is 1.23. The van der Waals surface area contributed by atoms with Crippen LogP contribution in [0.1, 0.15) is 6.42 Å². The molecule has 0 bridgehead atoms. The Balaban J connectivity index is 2.62. The average molecular weight is 127 g/mol. The normalized spacial score (nSPS) is 19.9. The highest BCUT2D eigenvalue weighted by atomic mass is 16.2. The van der Waals surface area contributed by atoms with E-state index >= 15 is 0 Å². The minimum atomic E-state index is -0.425. The van der Waals surface area contributed by atoms with E-state index in [4.69, 9.17) is 0 Å². The van der Waals surface area contributed by atoms with E-state index in [9.17, 15) is 9.59 Å². The Kier molecular flexibility index (Phi) is 1.38. The molecule has 0 saturated carbocycles. The number of hydrogen-bond donors (Lipinski definition) is 0. The van der Waals surface area contributed by atoms with Gasteiger partial charge in [0.05, 0.1) is 6.54 Å². The summed E-state index contributed by atoms with van der Waals surface area (Å²) in [5, 5.41) is 3.53. The first-order valence-corrected chi connectivity index (χ1v) is 2.70. The summed E-state index contributed by atoms with van der Waals surface area (Å²) < 4.78 is 0. The largest absolute Gasteiger partial charge is 0.345 e. The first-order valence-electron chi connectivity index (χ1n) is 2.70. The summed E-state index contributed by atoms with van der Waals surface area (Å²) in [6.07, 6.45) is 0.363. The Labute approximate surface area is 52.8 Å². The molecule has 9 heavy (non-hydrogen) atoms. The fourth-order valence-electron chi connectivity index (χ4n) is 0.628. The van der Waals surface area contributed by atoms with Crippen molar-refractivity contribution in [2.45, 2.75) is 6.42 Å². The van der Waals surface area contributed by atoms with E-state index in [1.165, 1.54) is 7.05 Å². The van der Waals surface area contributed by atoms with Gasteiger partial charge in [-0.2, -0.15) is 0 Å². The lowest BCUT2D eigenvalue weighted by molar-refractivity contribution is -0.128. The van der Waals surface area contributed by atoms with Gasteiger partial charge in [0.15, 0.2) is 0 Å². The summed E-state index contributed by atoms with van der Waals surface area (Å²) in [4.78, 5) is 22.2. The molecule has 1 fully saturated rings. The Hall–Kier alpha value is -1.06. The van der Waals surface area contributed by atoms with Gasteiger partial charge in [-0.1, -0.05) is 0 Å². The monoisotopic (exact) mass is 127 g/mol. The maximum atomic E-state index is 10.6. The van der Waals surface area contributed by atoms with Crippen LogP contribution < -0.4 is 5.32 Å². The molecule has 0 aromatic heterocycles. The van der Waals surface area contributed by atoms with Gasteiger partial charge < -0.3 is 0 Å². The van der Waals surface area contributed by atoms with Crippen LogP contribution in [0.25, 0.3) is 0 Å². The van der Waals surface area contributed by atoms with Crippen molar-refractivity contribution < 1.29 is 9.59 Å². The lowest BCUT2D eigenvalue weighted by Gasteiger charge is -2.18. The molecule has 0 aromatic carbocycles. The number of nitrogens with zero attached hydrogens (tertiary/aromatic N) is 2. The van der Waals surface area contributed by atoms with Crippen molar-refractivity contribution in [3.05, 3.63) is 0 Å². The third-order valence-corrected chi connectivity index (χ3v) is 1.23. The zero-order chi connectivity index (χ0) is 6.85. The van der Waals surface area contributed by atoms with E-state index in [0.717, 1.165) is 4.90 Å². The number of hydrogen-bond acceptors (Lipinski definition) is 2. The third kappa shape index (κ3) is 1.01. The molecule has 0 unspecified atom stereocenters. The van der Waals surface area contributed by atoms with Gasteiger partial charge >= 0.3 is 6.03 Å². The first kappa shape index (κ1) is 6.07. The van der Waals surface area contributed by atoms with Gasteiger partial charge in [-0.05, 0) is 0 Å². The minimum absolute atomic E-state index is 0.144. The maximum absolute atomic E-state index is 10.6. The van der Waals surface area contributed by atoms with Crippen molar-refractivity contribution in [1.29, 1.82) is 0 Å². The summed E-state index contributed by atoms with van der Waals surface area (Å²) in [5.41, 5.74) is 0. The number of carbonyl (C=O) groups is 2. The van der Waals surface area contributed by atoms with Crippen LogP contribution in [0, 0.1) is 0 Å². The SMILES string of the molecule is CN1C(=O)CC[N]C1=O. The van der Waals surface area contributed by atoms with Crippen LogP contribution in [0.3, 0.4) is 0 Å². The summed E-state index contributed by atoms with van der Waals surface area (Å²) in [6.45, 7) is 0.349. The molecule has 1 rings (SSSR count). The Bertz CT molecular complexity index is 139. The van der Waals surface area contributed by atoms with Gasteiger partial charge in [-0.3, -0.25) is 9.69 Å². The van der Waals surface area contributed by atoms with Crippen molar-refractivity contribution in [1.82, 2.24) is 10.2 Å². The molecule has 0 aromatic rings. The highest BCUT2D eigenvalue weighted by Crippen LogP contribution is 1.97. The van der Waals surface area contributed by atoms with Crippen LogP contribution in [0.5, 0.6) is 0 Å². The van der Waals surface area contributed by atoms with Gasteiger partial charge in [-0.25, -0.2) is 10.1 Å². The molecule has 3 amide bonds. The molecule has 1 heterocycles. The molecule has 1 radical (unpaired) electrons. The lowest BCUT2D eigenvalue weighted by Crippen LogP contribution is -2.43. The quantitative estimate of drug-likeness (QED) is 0.443. The van der Waals surface area contributed by atoms with Gasteiger partial charge in [0, 0.05) is 13.5 Å². The van der Waals surface area contributed by atoms with Crippen LogP contribution in [-0.2, 0) is 4.79 Å². The second-order valence-corrected chi connectivity index (χ2v) is 1.87. The number of carbonyl (C=O) groups excluding carboxylic acids is 2. The molecule has 0 atom stereocenters. The molecule has 1 aliphatic rings. The molecule has 1 saturated heterocycles. The van der Waals surface area contributed by atoms with E-state index < -0.39 is 6.03 Å².